The van der Waals surface area contributed by atoms with E-state index in [9.17, 15) is 13.2 Å². The molecule has 0 spiro atoms. The molecule has 1 heterocycles. The summed E-state index contributed by atoms with van der Waals surface area (Å²) >= 11 is 0. The number of sulfonamides is 1. The Hall–Kier alpha value is -2.19. The van der Waals surface area contributed by atoms with Gasteiger partial charge in [0.15, 0.2) is 5.03 Å². The number of carboxylic acid groups (broad SMARTS) is 1. The number of aromatic amines is 1. The molecule has 0 atom stereocenters. The molecular weight excluding hydrogens is 282 g/mol. The highest BCUT2D eigenvalue weighted by molar-refractivity contribution is 7.89. The maximum atomic E-state index is 11.8. The minimum absolute atomic E-state index is 0.00298. The molecule has 0 aliphatic carbocycles. The number of imidazole rings is 1. The van der Waals surface area contributed by atoms with E-state index in [4.69, 9.17) is 5.11 Å². The van der Waals surface area contributed by atoms with Gasteiger partial charge in [-0.2, -0.15) is 0 Å². The van der Waals surface area contributed by atoms with Gasteiger partial charge < -0.3 is 10.1 Å². The Balaban J connectivity index is 1.97. The highest BCUT2D eigenvalue weighted by Crippen LogP contribution is 2.07. The Morgan fingerprint density at radius 2 is 2.20 bits per heavy atom. The number of hydrogen-bond donors (Lipinski definition) is 3. The number of aromatic nitrogens is 2. The number of hydrogen-bond acceptors (Lipinski definition) is 4. The van der Waals surface area contributed by atoms with Crippen LogP contribution in [-0.2, 0) is 16.4 Å². The van der Waals surface area contributed by atoms with Crippen molar-refractivity contribution in [2.75, 3.05) is 6.54 Å². The van der Waals surface area contributed by atoms with Gasteiger partial charge in [-0.05, 0) is 24.1 Å². The molecule has 8 heteroatoms. The first-order valence-corrected chi connectivity index (χ1v) is 7.27. The number of H-pyrrole nitrogens is 1. The maximum absolute atomic E-state index is 11.8. The molecule has 0 saturated heterocycles. The monoisotopic (exact) mass is 295 g/mol. The zero-order valence-electron chi connectivity index (χ0n) is 10.4. The summed E-state index contributed by atoms with van der Waals surface area (Å²) < 4.78 is 26.0. The molecule has 0 aliphatic rings. The van der Waals surface area contributed by atoms with Gasteiger partial charge >= 0.3 is 5.97 Å². The third-order valence-corrected chi connectivity index (χ3v) is 4.03. The smallest absolute Gasteiger partial charge is 0.335 e. The summed E-state index contributed by atoms with van der Waals surface area (Å²) in [7, 11) is -3.60. The van der Waals surface area contributed by atoms with Crippen LogP contribution in [0.5, 0.6) is 0 Å². The van der Waals surface area contributed by atoms with Crippen LogP contribution in [0.4, 0.5) is 0 Å². The zero-order chi connectivity index (χ0) is 14.6. The van der Waals surface area contributed by atoms with Gasteiger partial charge in [-0.25, -0.2) is 22.9 Å². The number of rotatable bonds is 6. The first-order chi connectivity index (χ1) is 9.49. The topological polar surface area (TPSA) is 112 Å². The van der Waals surface area contributed by atoms with E-state index in [1.807, 2.05) is 0 Å². The molecule has 0 aliphatic heterocycles. The standard InChI is InChI=1S/C12H13N3O4S/c16-12(17)10-3-1-2-9(6-10)4-5-15-20(18,19)11-7-13-8-14-11/h1-3,6-8,15H,4-5H2,(H,13,14)(H,16,17). The third-order valence-electron chi connectivity index (χ3n) is 2.64. The molecule has 0 bridgehead atoms. The average molecular weight is 295 g/mol. The van der Waals surface area contributed by atoms with Crippen molar-refractivity contribution in [2.24, 2.45) is 0 Å². The lowest BCUT2D eigenvalue weighted by molar-refractivity contribution is 0.0696. The number of carbonyl (C=O) groups is 1. The number of benzene rings is 1. The second kappa shape index (κ2) is 5.85. The van der Waals surface area contributed by atoms with Crippen LogP contribution < -0.4 is 4.72 Å². The van der Waals surface area contributed by atoms with E-state index in [1.54, 1.807) is 12.1 Å². The lowest BCUT2D eigenvalue weighted by Crippen LogP contribution is -2.26. The Labute approximate surface area is 115 Å². The van der Waals surface area contributed by atoms with Gasteiger partial charge in [0.05, 0.1) is 18.1 Å². The molecule has 0 amide bonds. The van der Waals surface area contributed by atoms with Crippen LogP contribution in [-0.4, -0.2) is 36.0 Å². The predicted molar refractivity (Wildman–Crippen MR) is 70.9 cm³/mol. The fourth-order valence-electron chi connectivity index (χ4n) is 1.66. The molecule has 2 aromatic rings. The molecule has 3 N–H and O–H groups in total. The van der Waals surface area contributed by atoms with Crippen molar-refractivity contribution in [1.82, 2.24) is 14.7 Å². The summed E-state index contributed by atoms with van der Waals surface area (Å²) in [5.41, 5.74) is 0.927. The molecular formula is C12H13N3O4S. The van der Waals surface area contributed by atoms with Crippen LogP contribution in [0.2, 0.25) is 0 Å². The summed E-state index contributed by atoms with van der Waals surface area (Å²) in [6.45, 7) is 0.171. The van der Waals surface area contributed by atoms with Crippen molar-refractivity contribution in [3.8, 4) is 0 Å². The molecule has 0 radical (unpaired) electrons. The average Bonchev–Trinajstić information content (AvgIpc) is 2.93. The van der Waals surface area contributed by atoms with E-state index in [1.165, 1.54) is 24.7 Å². The van der Waals surface area contributed by atoms with E-state index in [2.05, 4.69) is 14.7 Å². The summed E-state index contributed by atoms with van der Waals surface area (Å²) in [4.78, 5) is 17.0. The number of nitrogens with one attached hydrogen (secondary N) is 2. The quantitative estimate of drug-likeness (QED) is 0.723. The van der Waals surface area contributed by atoms with Gasteiger partial charge in [-0.1, -0.05) is 12.1 Å². The Bertz CT molecular complexity index is 695. The van der Waals surface area contributed by atoms with E-state index in [0.29, 0.717) is 6.42 Å². The largest absolute Gasteiger partial charge is 0.478 e. The fraction of sp³-hybridized carbons (Fsp3) is 0.167. The molecule has 0 fully saturated rings. The van der Waals surface area contributed by atoms with Crippen LogP contribution in [0.15, 0.2) is 41.8 Å². The minimum Gasteiger partial charge on any atom is -0.478 e. The van der Waals surface area contributed by atoms with Gasteiger partial charge in [-0.3, -0.25) is 0 Å². The first kappa shape index (κ1) is 14.2. The number of nitrogens with zero attached hydrogens (tertiary/aromatic N) is 1. The van der Waals surface area contributed by atoms with E-state index in [-0.39, 0.29) is 17.1 Å². The second-order valence-electron chi connectivity index (χ2n) is 4.07. The molecule has 20 heavy (non-hydrogen) atoms. The Morgan fingerprint density at radius 3 is 2.85 bits per heavy atom. The van der Waals surface area contributed by atoms with Crippen molar-refractivity contribution in [1.29, 1.82) is 0 Å². The summed E-state index contributed by atoms with van der Waals surface area (Å²) in [5.74, 6) is -1.01. The van der Waals surface area contributed by atoms with Crippen LogP contribution >= 0.6 is 0 Å². The van der Waals surface area contributed by atoms with Crippen molar-refractivity contribution < 1.29 is 18.3 Å². The maximum Gasteiger partial charge on any atom is 0.335 e. The molecule has 0 unspecified atom stereocenters. The second-order valence-corrected chi connectivity index (χ2v) is 5.80. The minimum atomic E-state index is -3.60. The SMILES string of the molecule is O=C(O)c1cccc(CCNS(=O)(=O)c2cnc[nH]2)c1. The first-order valence-electron chi connectivity index (χ1n) is 5.79. The Morgan fingerprint density at radius 1 is 1.40 bits per heavy atom. The van der Waals surface area contributed by atoms with E-state index >= 15 is 0 Å². The zero-order valence-corrected chi connectivity index (χ0v) is 11.2. The molecule has 1 aromatic heterocycles. The summed E-state index contributed by atoms with van der Waals surface area (Å²) in [6.07, 6.45) is 2.90. The number of aromatic carboxylic acids is 1. The summed E-state index contributed by atoms with van der Waals surface area (Å²) in [5, 5.41) is 8.86. The highest BCUT2D eigenvalue weighted by atomic mass is 32.2. The lowest BCUT2D eigenvalue weighted by Gasteiger charge is -2.05. The molecule has 2 rings (SSSR count). The van der Waals surface area contributed by atoms with Gasteiger partial charge in [-0.15, -0.1) is 0 Å². The number of carboxylic acids is 1. The molecule has 106 valence electrons. The highest BCUT2D eigenvalue weighted by Gasteiger charge is 2.14. The van der Waals surface area contributed by atoms with Crippen molar-refractivity contribution >= 4 is 16.0 Å². The Kier molecular flexibility index (Phi) is 4.16. The van der Waals surface area contributed by atoms with E-state index < -0.39 is 16.0 Å². The molecule has 1 aromatic carbocycles. The van der Waals surface area contributed by atoms with Crippen LogP contribution in [0.25, 0.3) is 0 Å². The molecule has 0 saturated carbocycles. The summed E-state index contributed by atoms with van der Waals surface area (Å²) in [6, 6.07) is 6.38. The third kappa shape index (κ3) is 3.43. The van der Waals surface area contributed by atoms with Gasteiger partial charge in [0.1, 0.15) is 0 Å². The fourth-order valence-corrected chi connectivity index (χ4v) is 2.59. The predicted octanol–water partition coefficient (Wildman–Crippen LogP) is 0.629. The van der Waals surface area contributed by atoms with Crippen LogP contribution in [0.3, 0.4) is 0 Å². The normalized spacial score (nSPS) is 11.4. The molecule has 7 nitrogen and oxygen atoms in total. The van der Waals surface area contributed by atoms with Crippen LogP contribution in [0, 0.1) is 0 Å². The van der Waals surface area contributed by atoms with Crippen LogP contribution in [0.1, 0.15) is 15.9 Å². The lowest BCUT2D eigenvalue weighted by atomic mass is 10.1. The van der Waals surface area contributed by atoms with Crippen molar-refractivity contribution in [3.05, 3.63) is 47.9 Å². The van der Waals surface area contributed by atoms with Gasteiger partial charge in [0, 0.05) is 6.54 Å². The van der Waals surface area contributed by atoms with Gasteiger partial charge in [0.25, 0.3) is 10.0 Å². The van der Waals surface area contributed by atoms with Gasteiger partial charge in [0.2, 0.25) is 0 Å². The van der Waals surface area contributed by atoms with Crippen molar-refractivity contribution in [2.45, 2.75) is 11.4 Å². The van der Waals surface area contributed by atoms with E-state index in [0.717, 1.165) is 5.56 Å². The van der Waals surface area contributed by atoms with Crippen molar-refractivity contribution in [3.63, 3.8) is 0 Å².